The Morgan fingerprint density at radius 3 is 2.06 bits per heavy atom. The molecule has 33 heavy (non-hydrogen) atoms. The molecule has 6 heteroatoms. The topological polar surface area (TPSA) is 47.2 Å². The van der Waals surface area contributed by atoms with Gasteiger partial charge in [-0.15, -0.1) is 0 Å². The molecule has 2 aromatic heterocycles. The zero-order chi connectivity index (χ0) is 22.9. The normalized spacial score (nSPS) is 13.8. The van der Waals surface area contributed by atoms with Crippen molar-refractivity contribution in [2.75, 3.05) is 10.8 Å². The molecule has 0 amide bonds. The number of fused-ring (bicyclic) bond motifs is 7. The van der Waals surface area contributed by atoms with Crippen LogP contribution >= 0.6 is 0 Å². The van der Waals surface area contributed by atoms with Gasteiger partial charge in [-0.3, -0.25) is 4.31 Å². The molecule has 0 atom stereocenters. The number of sulfonamides is 1. The van der Waals surface area contributed by atoms with E-state index in [9.17, 15) is 8.42 Å². The highest BCUT2D eigenvalue weighted by atomic mass is 32.2. The first kappa shape index (κ1) is 20.1. The van der Waals surface area contributed by atoms with Crippen molar-refractivity contribution in [3.63, 3.8) is 0 Å². The third-order valence-electron chi connectivity index (χ3n) is 6.93. The van der Waals surface area contributed by atoms with Crippen molar-refractivity contribution in [2.24, 2.45) is 14.1 Å². The van der Waals surface area contributed by atoms with Crippen molar-refractivity contribution < 1.29 is 8.42 Å². The molecular weight excluding hydrogens is 430 g/mol. The van der Waals surface area contributed by atoms with E-state index in [4.69, 9.17) is 0 Å². The summed E-state index contributed by atoms with van der Waals surface area (Å²) in [6.07, 6.45) is 0.644. The van der Waals surface area contributed by atoms with Gasteiger partial charge in [0.05, 0.1) is 16.1 Å². The summed E-state index contributed by atoms with van der Waals surface area (Å²) in [7, 11) is 0.301. The molecule has 166 valence electrons. The van der Waals surface area contributed by atoms with E-state index < -0.39 is 10.0 Å². The zero-order valence-electron chi connectivity index (χ0n) is 18.9. The first-order valence-corrected chi connectivity index (χ1v) is 12.6. The van der Waals surface area contributed by atoms with Gasteiger partial charge in [-0.05, 0) is 43.2 Å². The number of benzene rings is 3. The standard InChI is InChI=1S/C27H25N3O2S/c1-18-12-14-19(15-13-18)33(31,32)30-17-16-21-20-8-4-6-10-23(20)28(2)26(21)25-22-9-5-7-11-24(22)29(3)27(25)30/h4-15H,16-17H2,1-3H3. The van der Waals surface area contributed by atoms with Gasteiger partial charge in [-0.25, -0.2) is 8.42 Å². The quantitative estimate of drug-likeness (QED) is 0.358. The van der Waals surface area contributed by atoms with Crippen LogP contribution in [0.25, 0.3) is 33.1 Å². The minimum absolute atomic E-state index is 0.320. The van der Waals surface area contributed by atoms with Crippen LogP contribution in [0.1, 0.15) is 11.1 Å². The number of aryl methyl sites for hydroxylation is 3. The van der Waals surface area contributed by atoms with E-state index in [-0.39, 0.29) is 0 Å². The lowest BCUT2D eigenvalue weighted by Gasteiger charge is -2.25. The number of para-hydroxylation sites is 2. The first-order valence-electron chi connectivity index (χ1n) is 11.1. The van der Waals surface area contributed by atoms with E-state index in [0.29, 0.717) is 17.9 Å². The van der Waals surface area contributed by atoms with Gasteiger partial charge in [-0.1, -0.05) is 54.1 Å². The van der Waals surface area contributed by atoms with E-state index in [1.54, 1.807) is 16.4 Å². The summed E-state index contributed by atoms with van der Waals surface area (Å²) >= 11 is 0. The van der Waals surface area contributed by atoms with Crippen LogP contribution in [0.4, 0.5) is 5.82 Å². The summed E-state index contributed by atoms with van der Waals surface area (Å²) in [5, 5.41) is 2.25. The van der Waals surface area contributed by atoms with Crippen molar-refractivity contribution in [3.05, 3.63) is 83.9 Å². The van der Waals surface area contributed by atoms with Crippen molar-refractivity contribution >= 4 is 37.6 Å². The molecule has 1 aliphatic heterocycles. The number of hydrogen-bond donors (Lipinski definition) is 0. The summed E-state index contributed by atoms with van der Waals surface area (Å²) < 4.78 is 33.8. The number of nitrogens with zero attached hydrogens (tertiary/aromatic N) is 3. The molecule has 0 aliphatic carbocycles. The average molecular weight is 456 g/mol. The second-order valence-electron chi connectivity index (χ2n) is 8.82. The molecular formula is C27H25N3O2S. The van der Waals surface area contributed by atoms with Gasteiger partial charge in [0.25, 0.3) is 10.0 Å². The summed E-state index contributed by atoms with van der Waals surface area (Å²) in [5.41, 5.74) is 6.50. The number of rotatable bonds is 2. The fraction of sp³-hybridized carbons (Fsp3) is 0.185. The summed E-state index contributed by atoms with van der Waals surface area (Å²) in [6, 6.07) is 23.7. The van der Waals surface area contributed by atoms with Crippen LogP contribution in [-0.2, 0) is 30.5 Å². The van der Waals surface area contributed by atoms with Crippen LogP contribution in [0.3, 0.4) is 0 Å². The maximum absolute atomic E-state index is 14.0. The second-order valence-corrected chi connectivity index (χ2v) is 10.7. The van der Waals surface area contributed by atoms with Crippen LogP contribution in [0.2, 0.25) is 0 Å². The van der Waals surface area contributed by atoms with Gasteiger partial charge in [-0.2, -0.15) is 0 Å². The second kappa shape index (κ2) is 6.99. The SMILES string of the molecule is Cc1ccc(S(=O)(=O)N2CCc3c(n(C)c4ccccc34)-c3c2n(C)c2ccccc32)cc1. The van der Waals surface area contributed by atoms with Gasteiger partial charge < -0.3 is 9.13 Å². The van der Waals surface area contributed by atoms with Gasteiger partial charge in [0.15, 0.2) is 0 Å². The van der Waals surface area contributed by atoms with Crippen LogP contribution in [-0.4, -0.2) is 24.1 Å². The highest BCUT2D eigenvalue weighted by molar-refractivity contribution is 7.92. The van der Waals surface area contributed by atoms with Crippen LogP contribution < -0.4 is 4.31 Å². The fourth-order valence-corrected chi connectivity index (χ4v) is 6.85. The van der Waals surface area contributed by atoms with Gasteiger partial charge >= 0.3 is 0 Å². The lowest BCUT2D eigenvalue weighted by Crippen LogP contribution is -2.34. The molecule has 6 rings (SSSR count). The van der Waals surface area contributed by atoms with Gasteiger partial charge in [0.2, 0.25) is 0 Å². The van der Waals surface area contributed by atoms with Gasteiger partial charge in [0.1, 0.15) is 5.82 Å². The Morgan fingerprint density at radius 2 is 1.36 bits per heavy atom. The van der Waals surface area contributed by atoms with Crippen molar-refractivity contribution in [2.45, 2.75) is 18.2 Å². The highest BCUT2D eigenvalue weighted by Crippen LogP contribution is 2.47. The van der Waals surface area contributed by atoms with Gasteiger partial charge in [0, 0.05) is 42.5 Å². The molecule has 3 aromatic carbocycles. The van der Waals surface area contributed by atoms with Crippen molar-refractivity contribution in [3.8, 4) is 11.3 Å². The Hall–Kier alpha value is -3.51. The summed E-state index contributed by atoms with van der Waals surface area (Å²) in [6.45, 7) is 2.35. The molecule has 0 fully saturated rings. The van der Waals surface area contributed by atoms with Crippen molar-refractivity contribution in [1.82, 2.24) is 9.13 Å². The molecule has 1 aliphatic rings. The summed E-state index contributed by atoms with van der Waals surface area (Å²) in [4.78, 5) is 0.320. The van der Waals surface area contributed by atoms with E-state index in [2.05, 4.69) is 48.0 Å². The molecule has 0 saturated heterocycles. The largest absolute Gasteiger partial charge is 0.343 e. The number of hydrogen-bond acceptors (Lipinski definition) is 2. The van der Waals surface area contributed by atoms with E-state index >= 15 is 0 Å². The highest BCUT2D eigenvalue weighted by Gasteiger charge is 2.36. The van der Waals surface area contributed by atoms with Crippen molar-refractivity contribution in [1.29, 1.82) is 0 Å². The molecule has 0 saturated carbocycles. The smallest absolute Gasteiger partial charge is 0.265 e. The molecule has 0 N–H and O–H groups in total. The molecule has 5 aromatic rings. The Morgan fingerprint density at radius 1 is 0.758 bits per heavy atom. The lowest BCUT2D eigenvalue weighted by atomic mass is 10.0. The Labute approximate surface area is 193 Å². The predicted molar refractivity (Wildman–Crippen MR) is 134 cm³/mol. The Bertz CT molecular complexity index is 1660. The van der Waals surface area contributed by atoms with Crippen LogP contribution in [0.15, 0.2) is 77.7 Å². The molecule has 0 spiro atoms. The van der Waals surface area contributed by atoms with Crippen LogP contribution in [0, 0.1) is 6.92 Å². The van der Waals surface area contributed by atoms with Crippen LogP contribution in [0.5, 0.6) is 0 Å². The minimum Gasteiger partial charge on any atom is -0.343 e. The first-order chi connectivity index (χ1) is 15.9. The molecule has 0 unspecified atom stereocenters. The zero-order valence-corrected chi connectivity index (χ0v) is 19.7. The third-order valence-corrected chi connectivity index (χ3v) is 8.74. The Kier molecular flexibility index (Phi) is 4.26. The molecule has 5 nitrogen and oxygen atoms in total. The fourth-order valence-electron chi connectivity index (χ4n) is 5.34. The predicted octanol–water partition coefficient (Wildman–Crippen LogP) is 5.40. The van der Waals surface area contributed by atoms with E-state index in [0.717, 1.165) is 39.1 Å². The minimum atomic E-state index is -3.74. The number of aromatic nitrogens is 2. The van der Waals surface area contributed by atoms with E-state index in [1.165, 1.54) is 10.9 Å². The number of anilines is 1. The summed E-state index contributed by atoms with van der Waals surface area (Å²) in [5.74, 6) is 0.724. The maximum Gasteiger partial charge on any atom is 0.265 e. The molecule has 0 bridgehead atoms. The molecule has 0 radical (unpaired) electrons. The average Bonchev–Trinajstić information content (AvgIpc) is 3.17. The lowest BCUT2D eigenvalue weighted by molar-refractivity contribution is 0.589. The van der Waals surface area contributed by atoms with E-state index in [1.807, 2.05) is 42.8 Å². The monoisotopic (exact) mass is 455 g/mol. The third kappa shape index (κ3) is 2.74. The maximum atomic E-state index is 14.0. The Balaban J connectivity index is 1.71. The molecule has 3 heterocycles.